The maximum absolute atomic E-state index is 11.7. The average molecular weight is 292 g/mol. The summed E-state index contributed by atoms with van der Waals surface area (Å²) in [6, 6.07) is 9.28. The molecule has 2 aromatic rings. The fourth-order valence-corrected chi connectivity index (χ4v) is 2.34. The minimum Gasteiger partial charge on any atom is -0.468 e. The summed E-state index contributed by atoms with van der Waals surface area (Å²) in [5.41, 5.74) is 0.809. The van der Waals surface area contributed by atoms with E-state index in [4.69, 9.17) is 0 Å². The highest BCUT2D eigenvalue weighted by Crippen LogP contribution is 2.25. The Morgan fingerprint density at radius 2 is 1.70 bits per heavy atom. The molecule has 0 spiro atoms. The van der Waals surface area contributed by atoms with Crippen molar-refractivity contribution in [3.05, 3.63) is 35.3 Å². The van der Waals surface area contributed by atoms with Crippen molar-refractivity contribution < 1.29 is 19.1 Å². The van der Waals surface area contributed by atoms with Gasteiger partial charge in [0.15, 0.2) is 5.82 Å². The van der Waals surface area contributed by atoms with Crippen LogP contribution in [0.5, 0.6) is 0 Å². The minimum atomic E-state index is -1.19. The lowest BCUT2D eigenvalue weighted by atomic mass is 10.1. The van der Waals surface area contributed by atoms with Gasteiger partial charge in [-0.25, -0.2) is 4.98 Å². The summed E-state index contributed by atoms with van der Waals surface area (Å²) in [5.74, 6) is -2.16. The van der Waals surface area contributed by atoms with Crippen LogP contribution < -0.4 is 0 Å². The predicted octanol–water partition coefficient (Wildman–Crippen LogP) is 1.63. The zero-order valence-electron chi connectivity index (χ0n) is 10.9. The minimum absolute atomic E-state index is 0.252. The van der Waals surface area contributed by atoms with Crippen LogP contribution in [0.1, 0.15) is 10.9 Å². The molecule has 0 saturated heterocycles. The van der Waals surface area contributed by atoms with Crippen LogP contribution in [0.3, 0.4) is 0 Å². The maximum Gasteiger partial charge on any atom is 0.327 e. The lowest BCUT2D eigenvalue weighted by molar-refractivity contribution is -0.154. The van der Waals surface area contributed by atoms with Crippen molar-refractivity contribution in [3.63, 3.8) is 0 Å². The third kappa shape index (κ3) is 2.83. The van der Waals surface area contributed by atoms with Crippen molar-refractivity contribution in [3.8, 4) is 11.4 Å². The van der Waals surface area contributed by atoms with Gasteiger partial charge in [-0.05, 0) is 11.5 Å². The van der Waals surface area contributed by atoms with Gasteiger partial charge in [-0.1, -0.05) is 30.3 Å². The number of methoxy groups -OCH3 is 2. The van der Waals surface area contributed by atoms with Crippen molar-refractivity contribution in [1.29, 1.82) is 0 Å². The monoisotopic (exact) mass is 292 g/mol. The third-order valence-electron chi connectivity index (χ3n) is 2.59. The summed E-state index contributed by atoms with van der Waals surface area (Å²) in [6.45, 7) is 0. The average Bonchev–Trinajstić information content (AvgIpc) is 2.97. The van der Waals surface area contributed by atoms with Crippen molar-refractivity contribution in [2.24, 2.45) is 0 Å². The first-order valence-electron chi connectivity index (χ1n) is 5.72. The number of hydrogen-bond donors (Lipinski definition) is 0. The molecule has 0 radical (unpaired) electrons. The van der Waals surface area contributed by atoms with Crippen molar-refractivity contribution in [2.75, 3.05) is 14.2 Å². The standard InChI is InChI=1S/C13H12N2O4S/c1-18-12(16)9(13(17)19-2)11-14-10(15-20-11)8-6-4-3-5-7-8/h3-7,9H,1-2H3. The molecule has 7 heteroatoms. The van der Waals surface area contributed by atoms with E-state index in [1.165, 1.54) is 14.2 Å². The number of carbonyl (C=O) groups excluding carboxylic acids is 2. The summed E-state index contributed by atoms with van der Waals surface area (Å²) in [5, 5.41) is 0.252. The number of aromatic nitrogens is 2. The molecule has 0 atom stereocenters. The molecule has 2 rings (SSSR count). The van der Waals surface area contributed by atoms with Crippen LogP contribution in [0.4, 0.5) is 0 Å². The second-order valence-corrected chi connectivity index (χ2v) is 4.59. The summed E-state index contributed by atoms with van der Waals surface area (Å²) >= 11 is 0.977. The van der Waals surface area contributed by atoms with E-state index in [1.54, 1.807) is 0 Å². The molecule has 104 valence electrons. The molecule has 1 heterocycles. The largest absolute Gasteiger partial charge is 0.468 e. The first-order valence-corrected chi connectivity index (χ1v) is 6.49. The van der Waals surface area contributed by atoms with Gasteiger partial charge < -0.3 is 9.47 Å². The molecule has 0 aliphatic rings. The number of nitrogens with zero attached hydrogens (tertiary/aromatic N) is 2. The van der Waals surface area contributed by atoms with E-state index in [0.717, 1.165) is 17.1 Å². The van der Waals surface area contributed by atoms with Crippen LogP contribution in [0, 0.1) is 0 Å². The number of ether oxygens (including phenoxy) is 2. The molecule has 6 nitrogen and oxygen atoms in total. The van der Waals surface area contributed by atoms with E-state index in [2.05, 4.69) is 18.8 Å². The van der Waals surface area contributed by atoms with E-state index in [1.807, 2.05) is 30.3 Å². The van der Waals surface area contributed by atoms with E-state index in [9.17, 15) is 9.59 Å². The molecule has 1 aromatic carbocycles. The first kappa shape index (κ1) is 14.1. The molecule has 0 aliphatic heterocycles. The fourth-order valence-electron chi connectivity index (χ4n) is 1.59. The first-order chi connectivity index (χ1) is 9.67. The molecule has 0 aliphatic carbocycles. The Morgan fingerprint density at radius 3 is 2.25 bits per heavy atom. The summed E-state index contributed by atoms with van der Waals surface area (Å²) < 4.78 is 13.4. The smallest absolute Gasteiger partial charge is 0.327 e. The Labute approximate surface area is 119 Å². The van der Waals surface area contributed by atoms with Gasteiger partial charge >= 0.3 is 11.9 Å². The molecule has 0 fully saturated rings. The van der Waals surface area contributed by atoms with E-state index in [0.29, 0.717) is 5.82 Å². The van der Waals surface area contributed by atoms with Crippen LogP contribution in [-0.4, -0.2) is 35.5 Å². The van der Waals surface area contributed by atoms with Crippen LogP contribution in [0.2, 0.25) is 0 Å². The lowest BCUT2D eigenvalue weighted by Gasteiger charge is -2.08. The van der Waals surface area contributed by atoms with Crippen LogP contribution in [0.25, 0.3) is 11.4 Å². The van der Waals surface area contributed by atoms with Crippen molar-refractivity contribution in [1.82, 2.24) is 9.36 Å². The van der Waals surface area contributed by atoms with Crippen LogP contribution in [-0.2, 0) is 19.1 Å². The Balaban J connectivity index is 2.34. The molecular weight excluding hydrogens is 280 g/mol. The Bertz CT molecular complexity index is 596. The SMILES string of the molecule is COC(=O)C(C(=O)OC)c1nc(-c2ccccc2)ns1. The Morgan fingerprint density at radius 1 is 1.10 bits per heavy atom. The van der Waals surface area contributed by atoms with Crippen LogP contribution in [0.15, 0.2) is 30.3 Å². The summed E-state index contributed by atoms with van der Waals surface area (Å²) in [4.78, 5) is 27.6. The Hall–Kier alpha value is -2.28. The third-order valence-corrected chi connectivity index (χ3v) is 3.37. The van der Waals surface area contributed by atoms with Gasteiger partial charge in [-0.3, -0.25) is 9.59 Å². The number of hydrogen-bond acceptors (Lipinski definition) is 7. The van der Waals surface area contributed by atoms with Gasteiger partial charge in [0.1, 0.15) is 5.01 Å². The van der Waals surface area contributed by atoms with Gasteiger partial charge in [0.05, 0.1) is 14.2 Å². The highest BCUT2D eigenvalue weighted by atomic mass is 32.1. The van der Waals surface area contributed by atoms with Gasteiger partial charge in [0.2, 0.25) is 5.92 Å². The second-order valence-electron chi connectivity index (χ2n) is 3.80. The summed E-state index contributed by atoms with van der Waals surface area (Å²) in [7, 11) is 2.41. The second kappa shape index (κ2) is 6.25. The normalized spacial score (nSPS) is 10.3. The fraction of sp³-hybridized carbons (Fsp3) is 0.231. The number of benzene rings is 1. The Kier molecular flexibility index (Phi) is 4.41. The quantitative estimate of drug-likeness (QED) is 0.629. The molecular formula is C13H12N2O4S. The predicted molar refractivity (Wildman–Crippen MR) is 72.1 cm³/mol. The number of carbonyl (C=O) groups is 2. The van der Waals surface area contributed by atoms with Gasteiger partial charge in [0.25, 0.3) is 0 Å². The molecule has 0 N–H and O–H groups in total. The molecule has 1 aromatic heterocycles. The van der Waals surface area contributed by atoms with Crippen molar-refractivity contribution in [2.45, 2.75) is 5.92 Å². The lowest BCUT2D eigenvalue weighted by Crippen LogP contribution is -2.24. The van der Waals surface area contributed by atoms with E-state index >= 15 is 0 Å². The molecule has 20 heavy (non-hydrogen) atoms. The molecule has 0 unspecified atom stereocenters. The van der Waals surface area contributed by atoms with E-state index in [-0.39, 0.29) is 5.01 Å². The van der Waals surface area contributed by atoms with Crippen molar-refractivity contribution >= 4 is 23.5 Å². The molecule has 0 bridgehead atoms. The highest BCUT2D eigenvalue weighted by molar-refractivity contribution is 7.06. The maximum atomic E-state index is 11.7. The number of esters is 2. The van der Waals surface area contributed by atoms with Gasteiger partial charge in [0, 0.05) is 5.56 Å². The zero-order chi connectivity index (χ0) is 14.5. The van der Waals surface area contributed by atoms with E-state index < -0.39 is 17.9 Å². The molecule has 0 saturated carbocycles. The van der Waals surface area contributed by atoms with Gasteiger partial charge in [-0.15, -0.1) is 0 Å². The topological polar surface area (TPSA) is 78.4 Å². The number of rotatable bonds is 4. The molecule has 0 amide bonds. The van der Waals surface area contributed by atoms with Crippen LogP contribution >= 0.6 is 11.5 Å². The highest BCUT2D eigenvalue weighted by Gasteiger charge is 2.34. The summed E-state index contributed by atoms with van der Waals surface area (Å²) in [6.07, 6.45) is 0. The zero-order valence-corrected chi connectivity index (χ0v) is 11.7. The van der Waals surface area contributed by atoms with Gasteiger partial charge in [-0.2, -0.15) is 4.37 Å².